The van der Waals surface area contributed by atoms with Crippen LogP contribution in [0.15, 0.2) is 12.2 Å². The number of hydrogen-bond acceptors (Lipinski definition) is 4. The average molecular weight is 312 g/mol. The van der Waals surface area contributed by atoms with Gasteiger partial charge in [-0.25, -0.2) is 9.59 Å². The highest BCUT2D eigenvalue weighted by Gasteiger charge is 2.42. The van der Waals surface area contributed by atoms with Crippen LogP contribution in [-0.2, 0) is 9.47 Å². The molecule has 0 radical (unpaired) electrons. The summed E-state index contributed by atoms with van der Waals surface area (Å²) in [5.74, 6) is 0.338. The van der Waals surface area contributed by atoms with Gasteiger partial charge in [0.1, 0.15) is 11.2 Å². The highest BCUT2D eigenvalue weighted by Crippen LogP contribution is 2.43. The summed E-state index contributed by atoms with van der Waals surface area (Å²) in [6.07, 6.45) is -0.878. The van der Waals surface area contributed by atoms with Crippen LogP contribution in [0.3, 0.4) is 0 Å². The van der Waals surface area contributed by atoms with Gasteiger partial charge in [-0.3, -0.25) is 0 Å². The molecule has 2 N–H and O–H groups in total. The zero-order valence-corrected chi connectivity index (χ0v) is 14.4. The summed E-state index contributed by atoms with van der Waals surface area (Å²) in [5, 5.41) is 5.44. The van der Waals surface area contributed by atoms with Crippen LogP contribution < -0.4 is 10.6 Å². The van der Waals surface area contributed by atoms with E-state index in [1.807, 2.05) is 41.5 Å². The minimum absolute atomic E-state index is 0.169. The van der Waals surface area contributed by atoms with Gasteiger partial charge in [-0.05, 0) is 41.5 Å². The van der Waals surface area contributed by atoms with Crippen LogP contribution in [0.4, 0.5) is 9.59 Å². The number of hydrogen-bond donors (Lipinski definition) is 2. The smallest absolute Gasteiger partial charge is 0.407 e. The molecule has 126 valence electrons. The zero-order chi connectivity index (χ0) is 17.1. The van der Waals surface area contributed by atoms with E-state index in [9.17, 15) is 9.59 Å². The van der Waals surface area contributed by atoms with E-state index < -0.39 is 23.4 Å². The van der Waals surface area contributed by atoms with E-state index in [0.29, 0.717) is 13.1 Å². The second-order valence-electron chi connectivity index (χ2n) is 7.55. The molecule has 1 saturated carbocycles. The van der Waals surface area contributed by atoms with Crippen molar-refractivity contribution in [2.24, 2.45) is 11.8 Å². The molecule has 0 saturated heterocycles. The zero-order valence-electron chi connectivity index (χ0n) is 14.4. The van der Waals surface area contributed by atoms with Crippen LogP contribution in [0.25, 0.3) is 0 Å². The van der Waals surface area contributed by atoms with Gasteiger partial charge >= 0.3 is 12.2 Å². The average Bonchev–Trinajstić information content (AvgIpc) is 2.89. The summed E-state index contributed by atoms with van der Waals surface area (Å²) >= 11 is 0. The van der Waals surface area contributed by atoms with Crippen molar-refractivity contribution in [3.05, 3.63) is 12.2 Å². The summed E-state index contributed by atoms with van der Waals surface area (Å²) in [6, 6.07) is 0. The van der Waals surface area contributed by atoms with E-state index in [0.717, 1.165) is 5.57 Å². The number of nitrogens with one attached hydrogen (secondary N) is 2. The molecule has 1 rings (SSSR count). The molecule has 1 aliphatic carbocycles. The van der Waals surface area contributed by atoms with E-state index in [4.69, 9.17) is 9.47 Å². The van der Waals surface area contributed by atoms with Gasteiger partial charge in [0.15, 0.2) is 0 Å². The predicted molar refractivity (Wildman–Crippen MR) is 84.6 cm³/mol. The number of rotatable bonds is 4. The van der Waals surface area contributed by atoms with Crippen LogP contribution in [0, 0.1) is 11.8 Å². The maximum atomic E-state index is 11.6. The maximum Gasteiger partial charge on any atom is 0.407 e. The predicted octanol–water partition coefficient (Wildman–Crippen LogP) is 2.84. The molecule has 0 spiro atoms. The lowest BCUT2D eigenvalue weighted by Gasteiger charge is -2.20. The van der Waals surface area contributed by atoms with Crippen molar-refractivity contribution in [2.75, 3.05) is 13.1 Å². The van der Waals surface area contributed by atoms with E-state index in [-0.39, 0.29) is 11.8 Å². The first kappa shape index (κ1) is 18.3. The van der Waals surface area contributed by atoms with Crippen LogP contribution in [0.2, 0.25) is 0 Å². The Balaban J connectivity index is 2.26. The van der Waals surface area contributed by atoms with Crippen molar-refractivity contribution in [2.45, 2.75) is 52.7 Å². The fourth-order valence-corrected chi connectivity index (χ4v) is 2.01. The van der Waals surface area contributed by atoms with Crippen molar-refractivity contribution in [1.29, 1.82) is 0 Å². The molecule has 0 bridgehead atoms. The first-order valence-corrected chi connectivity index (χ1v) is 7.51. The van der Waals surface area contributed by atoms with Gasteiger partial charge < -0.3 is 20.1 Å². The molecule has 6 heteroatoms. The SMILES string of the molecule is C=C1[C@@H](CNC(=O)OC(C)(C)C)[C@@H]1CNC(=O)OC(C)(C)C. The number of alkyl carbamates (subject to hydrolysis) is 2. The fourth-order valence-electron chi connectivity index (χ4n) is 2.01. The Kier molecular flexibility index (Phi) is 5.49. The summed E-state index contributed by atoms with van der Waals surface area (Å²) in [7, 11) is 0. The van der Waals surface area contributed by atoms with E-state index in [2.05, 4.69) is 17.2 Å². The topological polar surface area (TPSA) is 76.7 Å². The number of carbonyl (C=O) groups excluding carboxylic acids is 2. The Bertz CT molecular complexity index is 406. The van der Waals surface area contributed by atoms with Crippen molar-refractivity contribution in [1.82, 2.24) is 10.6 Å². The Labute approximate surface area is 132 Å². The van der Waals surface area contributed by atoms with Crippen molar-refractivity contribution >= 4 is 12.2 Å². The van der Waals surface area contributed by atoms with Gasteiger partial charge in [-0.1, -0.05) is 12.2 Å². The van der Waals surface area contributed by atoms with Crippen LogP contribution in [0.5, 0.6) is 0 Å². The molecule has 0 aromatic heterocycles. The van der Waals surface area contributed by atoms with Gasteiger partial charge in [0.2, 0.25) is 0 Å². The minimum atomic E-state index is -0.512. The lowest BCUT2D eigenvalue weighted by Crippen LogP contribution is -2.35. The van der Waals surface area contributed by atoms with Gasteiger partial charge in [0, 0.05) is 24.9 Å². The molecule has 0 aliphatic heterocycles. The van der Waals surface area contributed by atoms with Gasteiger partial charge in [0.25, 0.3) is 0 Å². The third-order valence-electron chi connectivity index (χ3n) is 3.06. The number of ether oxygens (including phenoxy) is 2. The van der Waals surface area contributed by atoms with Crippen molar-refractivity contribution < 1.29 is 19.1 Å². The molecule has 0 unspecified atom stereocenters. The lowest BCUT2D eigenvalue weighted by molar-refractivity contribution is 0.0506. The van der Waals surface area contributed by atoms with E-state index >= 15 is 0 Å². The van der Waals surface area contributed by atoms with Crippen molar-refractivity contribution in [3.8, 4) is 0 Å². The normalized spacial score (nSPS) is 21.1. The fraction of sp³-hybridized carbons (Fsp3) is 0.750. The van der Waals surface area contributed by atoms with E-state index in [1.54, 1.807) is 0 Å². The summed E-state index contributed by atoms with van der Waals surface area (Å²) in [4.78, 5) is 23.1. The number of carbonyl (C=O) groups is 2. The molecule has 0 aromatic rings. The highest BCUT2D eigenvalue weighted by atomic mass is 16.6. The third kappa shape index (κ3) is 6.83. The van der Waals surface area contributed by atoms with Crippen molar-refractivity contribution in [3.63, 3.8) is 0 Å². The Morgan fingerprint density at radius 3 is 1.50 bits per heavy atom. The van der Waals surface area contributed by atoms with Crippen LogP contribution in [-0.4, -0.2) is 36.5 Å². The van der Waals surface area contributed by atoms with Gasteiger partial charge in [0.05, 0.1) is 0 Å². The van der Waals surface area contributed by atoms with Crippen LogP contribution in [0.1, 0.15) is 41.5 Å². The maximum absolute atomic E-state index is 11.6. The second kappa shape index (κ2) is 6.58. The highest BCUT2D eigenvalue weighted by molar-refractivity contribution is 5.68. The molecule has 22 heavy (non-hydrogen) atoms. The number of amides is 2. The van der Waals surface area contributed by atoms with E-state index in [1.165, 1.54) is 0 Å². The molecule has 1 aliphatic rings. The Morgan fingerprint density at radius 2 is 1.23 bits per heavy atom. The summed E-state index contributed by atoms with van der Waals surface area (Å²) < 4.78 is 10.3. The Hall–Kier alpha value is -1.72. The molecule has 2 amide bonds. The molecular weight excluding hydrogens is 284 g/mol. The largest absolute Gasteiger partial charge is 0.444 e. The first-order valence-electron chi connectivity index (χ1n) is 7.51. The molecular formula is C16H28N2O4. The first-order chi connectivity index (χ1) is 9.89. The second-order valence-corrected chi connectivity index (χ2v) is 7.55. The lowest BCUT2D eigenvalue weighted by atomic mass is 10.2. The standard InChI is InChI=1S/C16H28N2O4/c1-10-11(8-17-13(19)21-15(2,3)4)12(10)9-18-14(20)22-16(5,6)7/h11-12H,1,8-9H2,2-7H3,(H,17,19)(H,18,20)/t11-,12-/m1/s1. The Morgan fingerprint density at radius 1 is 0.909 bits per heavy atom. The molecule has 0 aromatic carbocycles. The molecule has 1 fully saturated rings. The molecule has 6 nitrogen and oxygen atoms in total. The molecule has 0 heterocycles. The van der Waals surface area contributed by atoms with Crippen LogP contribution >= 0.6 is 0 Å². The van der Waals surface area contributed by atoms with Gasteiger partial charge in [-0.15, -0.1) is 0 Å². The minimum Gasteiger partial charge on any atom is -0.444 e. The monoisotopic (exact) mass is 312 g/mol. The summed E-state index contributed by atoms with van der Waals surface area (Å²) in [5.41, 5.74) is -0.00271. The summed E-state index contributed by atoms with van der Waals surface area (Å²) in [6.45, 7) is 15.8. The van der Waals surface area contributed by atoms with Gasteiger partial charge in [-0.2, -0.15) is 0 Å². The molecule has 2 atom stereocenters. The third-order valence-corrected chi connectivity index (χ3v) is 3.06. The quantitative estimate of drug-likeness (QED) is 0.783.